The zero-order valence-corrected chi connectivity index (χ0v) is 16.2. The quantitative estimate of drug-likeness (QED) is 0.547. The molecule has 26 heavy (non-hydrogen) atoms. The Morgan fingerprint density at radius 2 is 1.85 bits per heavy atom. The van der Waals surface area contributed by atoms with Crippen molar-refractivity contribution >= 4 is 50.1 Å². The molecule has 0 bridgehead atoms. The molecule has 3 rings (SSSR count). The molecule has 5 nitrogen and oxygen atoms in total. The normalized spacial score (nSPS) is 11.8. The van der Waals surface area contributed by atoms with Gasteiger partial charge in [0.25, 0.3) is 0 Å². The Morgan fingerprint density at radius 3 is 2.46 bits per heavy atom. The van der Waals surface area contributed by atoms with E-state index in [-0.39, 0.29) is 5.91 Å². The van der Waals surface area contributed by atoms with Crippen molar-refractivity contribution < 1.29 is 14.7 Å². The zero-order valence-electron chi connectivity index (χ0n) is 13.5. The van der Waals surface area contributed by atoms with Gasteiger partial charge < -0.3 is 0 Å². The number of carboxylic acid groups (broad SMARTS) is 1. The van der Waals surface area contributed by atoms with Crippen LogP contribution in [0.4, 0.5) is 5.69 Å². The van der Waals surface area contributed by atoms with Gasteiger partial charge in [0.2, 0.25) is 0 Å². The van der Waals surface area contributed by atoms with E-state index in [1.807, 2.05) is 35.7 Å². The SMILES string of the molecule is NC(C(=O)O)c1ccc(C(=O)Nc2cc(-c3cccs3)ccc2[As])cc1. The summed E-state index contributed by atoms with van der Waals surface area (Å²) < 4.78 is 0.899. The Hall–Kier alpha value is -2.40. The first-order chi connectivity index (χ1) is 12.5. The molecule has 0 aliphatic heterocycles. The van der Waals surface area contributed by atoms with Gasteiger partial charge in [0.1, 0.15) is 0 Å². The van der Waals surface area contributed by atoms with E-state index < -0.39 is 12.0 Å². The summed E-state index contributed by atoms with van der Waals surface area (Å²) in [5.74, 6) is -1.38. The molecule has 1 aromatic heterocycles. The molecule has 2 aromatic carbocycles. The van der Waals surface area contributed by atoms with Crippen LogP contribution in [0.2, 0.25) is 0 Å². The van der Waals surface area contributed by atoms with Crippen molar-refractivity contribution in [1.82, 2.24) is 0 Å². The summed E-state index contributed by atoms with van der Waals surface area (Å²) in [4.78, 5) is 24.6. The molecule has 2 radical (unpaired) electrons. The first-order valence-electron chi connectivity index (χ1n) is 7.72. The van der Waals surface area contributed by atoms with Gasteiger partial charge in [0.05, 0.1) is 0 Å². The monoisotopic (exact) mass is 426 g/mol. The van der Waals surface area contributed by atoms with Crippen molar-refractivity contribution in [2.24, 2.45) is 5.73 Å². The summed E-state index contributed by atoms with van der Waals surface area (Å²) in [7, 11) is 0. The molecule has 0 spiro atoms. The van der Waals surface area contributed by atoms with E-state index in [1.54, 1.807) is 35.6 Å². The first-order valence-corrected chi connectivity index (χ1v) is 9.54. The number of amides is 1. The van der Waals surface area contributed by atoms with Crippen LogP contribution in [0.3, 0.4) is 0 Å². The van der Waals surface area contributed by atoms with E-state index in [2.05, 4.69) is 22.2 Å². The van der Waals surface area contributed by atoms with Crippen LogP contribution in [0.15, 0.2) is 60.0 Å². The fourth-order valence-electron chi connectivity index (χ4n) is 2.41. The van der Waals surface area contributed by atoms with Gasteiger partial charge in [-0.3, -0.25) is 0 Å². The Balaban J connectivity index is 1.79. The number of benzene rings is 2. The summed E-state index contributed by atoms with van der Waals surface area (Å²) in [6, 6.07) is 15.0. The molecule has 0 fully saturated rings. The third-order valence-electron chi connectivity index (χ3n) is 3.85. The number of nitrogens with two attached hydrogens (primary N) is 1. The van der Waals surface area contributed by atoms with Crippen LogP contribution in [-0.4, -0.2) is 33.8 Å². The van der Waals surface area contributed by atoms with Crippen LogP contribution < -0.4 is 15.4 Å². The molecule has 130 valence electrons. The molecular formula is C19H15AsN2O3S. The van der Waals surface area contributed by atoms with Crippen molar-refractivity contribution in [3.63, 3.8) is 0 Å². The summed E-state index contributed by atoms with van der Waals surface area (Å²) in [6.07, 6.45) is 0. The molecule has 1 atom stereocenters. The summed E-state index contributed by atoms with van der Waals surface area (Å²) in [5, 5.41) is 13.8. The van der Waals surface area contributed by atoms with Crippen LogP contribution in [-0.2, 0) is 4.79 Å². The fraction of sp³-hybridized carbons (Fsp3) is 0.0526. The first kappa shape index (κ1) is 18.4. The molecule has 1 heterocycles. The number of hydrogen-bond donors (Lipinski definition) is 3. The standard InChI is InChI=1S/C19H15AsN2O3S/c20-14-8-7-13(16-2-1-9-26-16)10-15(14)22-18(23)12-5-3-11(4-6-12)17(21)19(24)25/h1-10,17H,21H2,(H,22,23)(H,24,25). The molecular weight excluding hydrogens is 411 g/mol. The molecule has 0 saturated carbocycles. The van der Waals surface area contributed by atoms with Crippen molar-refractivity contribution in [3.8, 4) is 10.4 Å². The van der Waals surface area contributed by atoms with Crippen molar-refractivity contribution in [3.05, 3.63) is 71.1 Å². The van der Waals surface area contributed by atoms with Gasteiger partial charge in [-0.2, -0.15) is 0 Å². The molecule has 0 aliphatic rings. The molecule has 0 aliphatic carbocycles. The molecule has 3 aromatic rings. The van der Waals surface area contributed by atoms with Crippen LogP contribution in [0.5, 0.6) is 0 Å². The number of thiophene rings is 1. The van der Waals surface area contributed by atoms with Gasteiger partial charge in [-0.15, -0.1) is 0 Å². The average Bonchev–Trinajstić information content (AvgIpc) is 3.17. The second-order valence-electron chi connectivity index (χ2n) is 5.60. The minimum atomic E-state index is -1.11. The third kappa shape index (κ3) is 4.04. The number of nitrogens with one attached hydrogen (secondary N) is 1. The summed E-state index contributed by atoms with van der Waals surface area (Å²) in [6.45, 7) is 0. The molecule has 4 N–H and O–H groups in total. The van der Waals surface area contributed by atoms with E-state index >= 15 is 0 Å². The number of rotatable bonds is 5. The molecule has 7 heteroatoms. The molecule has 0 saturated heterocycles. The Bertz CT molecular complexity index is 940. The Labute approximate surface area is 163 Å². The third-order valence-corrected chi connectivity index (χ3v) is 5.59. The maximum absolute atomic E-state index is 12.5. The second kappa shape index (κ2) is 7.87. The van der Waals surface area contributed by atoms with Crippen LogP contribution in [0, 0.1) is 0 Å². The maximum atomic E-state index is 12.5. The van der Waals surface area contributed by atoms with Crippen molar-refractivity contribution in [1.29, 1.82) is 0 Å². The average molecular weight is 426 g/mol. The van der Waals surface area contributed by atoms with Gasteiger partial charge in [-0.25, -0.2) is 0 Å². The number of carboxylic acids is 1. The minimum absolute atomic E-state index is 0.268. The Kier molecular flexibility index (Phi) is 5.57. The summed E-state index contributed by atoms with van der Waals surface area (Å²) in [5.41, 5.74) is 8.20. The van der Waals surface area contributed by atoms with Gasteiger partial charge in [0.15, 0.2) is 0 Å². The van der Waals surface area contributed by atoms with Gasteiger partial charge in [0, 0.05) is 0 Å². The van der Waals surface area contributed by atoms with E-state index in [0.29, 0.717) is 16.8 Å². The zero-order chi connectivity index (χ0) is 18.7. The van der Waals surface area contributed by atoms with E-state index in [9.17, 15) is 9.59 Å². The predicted molar refractivity (Wildman–Crippen MR) is 104 cm³/mol. The molecule has 1 unspecified atom stereocenters. The van der Waals surface area contributed by atoms with Gasteiger partial charge in [-0.1, -0.05) is 0 Å². The van der Waals surface area contributed by atoms with Gasteiger partial charge in [-0.05, 0) is 0 Å². The number of carbonyl (C=O) groups is 2. The van der Waals surface area contributed by atoms with Crippen LogP contribution >= 0.6 is 11.3 Å². The van der Waals surface area contributed by atoms with E-state index in [1.165, 1.54) is 0 Å². The summed E-state index contributed by atoms with van der Waals surface area (Å²) >= 11 is 4.07. The number of anilines is 1. The molecule has 1 amide bonds. The number of carbonyl (C=O) groups excluding carboxylic acids is 1. The van der Waals surface area contributed by atoms with Crippen molar-refractivity contribution in [2.45, 2.75) is 6.04 Å². The second-order valence-corrected chi connectivity index (χ2v) is 7.56. The number of hydrogen-bond acceptors (Lipinski definition) is 4. The van der Waals surface area contributed by atoms with Crippen LogP contribution in [0.1, 0.15) is 22.0 Å². The van der Waals surface area contributed by atoms with Gasteiger partial charge >= 0.3 is 163 Å². The predicted octanol–water partition coefficient (Wildman–Crippen LogP) is 2.55. The van der Waals surface area contributed by atoms with Crippen molar-refractivity contribution in [2.75, 3.05) is 5.32 Å². The fourth-order valence-corrected chi connectivity index (χ4v) is 3.54. The topological polar surface area (TPSA) is 92.4 Å². The van der Waals surface area contributed by atoms with Crippen LogP contribution in [0.25, 0.3) is 10.4 Å². The number of aliphatic carboxylic acids is 1. The van der Waals surface area contributed by atoms with E-state index in [0.717, 1.165) is 14.8 Å². The Morgan fingerprint density at radius 1 is 1.12 bits per heavy atom. The van der Waals surface area contributed by atoms with E-state index in [4.69, 9.17) is 10.8 Å².